The standard InChI is InChI=1S/C18H19ClFN3O3/c1-25-13-7-8-14(15(20)9-13)16(26-2)18(24)23(19)10-11-3-5-12(6-4-11)17(21)22/h3-9,16H,10H2,1-2H3,(H3,21,22). The number of methoxy groups -OCH3 is 2. The predicted molar refractivity (Wildman–Crippen MR) is 96.6 cm³/mol. The first kappa shape index (κ1) is 19.7. The monoisotopic (exact) mass is 379 g/mol. The molecule has 0 saturated heterocycles. The Labute approximate surface area is 155 Å². The Bertz CT molecular complexity index is 799. The van der Waals surface area contributed by atoms with Gasteiger partial charge in [0.05, 0.1) is 13.7 Å². The quantitative estimate of drug-likeness (QED) is 0.439. The number of amides is 1. The van der Waals surface area contributed by atoms with E-state index in [0.717, 1.165) is 9.98 Å². The van der Waals surface area contributed by atoms with Crippen LogP contribution in [0.25, 0.3) is 0 Å². The minimum Gasteiger partial charge on any atom is -0.497 e. The zero-order valence-electron chi connectivity index (χ0n) is 14.3. The number of ether oxygens (including phenoxy) is 2. The maximum Gasteiger partial charge on any atom is 0.271 e. The number of amidine groups is 1. The van der Waals surface area contributed by atoms with Crippen molar-refractivity contribution >= 4 is 23.5 Å². The number of hydrogen-bond donors (Lipinski definition) is 2. The van der Waals surface area contributed by atoms with Crippen LogP contribution in [-0.2, 0) is 16.1 Å². The number of nitrogens with one attached hydrogen (secondary N) is 1. The highest BCUT2D eigenvalue weighted by atomic mass is 35.5. The molecule has 8 heteroatoms. The summed E-state index contributed by atoms with van der Waals surface area (Å²) in [6.07, 6.45) is -1.19. The van der Waals surface area contributed by atoms with Crippen molar-refractivity contribution < 1.29 is 18.7 Å². The lowest BCUT2D eigenvalue weighted by molar-refractivity contribution is -0.138. The molecule has 0 aliphatic carbocycles. The Hall–Kier alpha value is -2.64. The van der Waals surface area contributed by atoms with Crippen LogP contribution in [0.2, 0.25) is 0 Å². The van der Waals surface area contributed by atoms with Crippen molar-refractivity contribution in [1.29, 1.82) is 5.41 Å². The molecule has 0 saturated carbocycles. The van der Waals surface area contributed by atoms with Crippen molar-refractivity contribution in [3.05, 3.63) is 65.0 Å². The van der Waals surface area contributed by atoms with E-state index in [1.807, 2.05) is 0 Å². The van der Waals surface area contributed by atoms with Crippen LogP contribution in [0.5, 0.6) is 5.75 Å². The number of carbonyl (C=O) groups excluding carboxylic acids is 1. The maximum absolute atomic E-state index is 14.2. The lowest BCUT2D eigenvalue weighted by atomic mass is 10.1. The summed E-state index contributed by atoms with van der Waals surface area (Å²) < 4.78 is 25.3. The van der Waals surface area contributed by atoms with E-state index in [4.69, 9.17) is 32.4 Å². The molecule has 0 radical (unpaired) electrons. The third-order valence-electron chi connectivity index (χ3n) is 3.78. The number of nitrogen functional groups attached to an aromatic ring is 1. The highest BCUT2D eigenvalue weighted by molar-refractivity contribution is 6.21. The molecule has 0 spiro atoms. The van der Waals surface area contributed by atoms with Gasteiger partial charge >= 0.3 is 0 Å². The van der Waals surface area contributed by atoms with Gasteiger partial charge in [-0.3, -0.25) is 10.2 Å². The van der Waals surface area contributed by atoms with Gasteiger partial charge in [0.25, 0.3) is 5.91 Å². The smallest absolute Gasteiger partial charge is 0.271 e. The van der Waals surface area contributed by atoms with Gasteiger partial charge in [-0.15, -0.1) is 0 Å². The van der Waals surface area contributed by atoms with Gasteiger partial charge in [0.1, 0.15) is 17.4 Å². The van der Waals surface area contributed by atoms with Crippen LogP contribution in [0.15, 0.2) is 42.5 Å². The fourth-order valence-corrected chi connectivity index (χ4v) is 2.59. The highest BCUT2D eigenvalue weighted by Gasteiger charge is 2.28. The van der Waals surface area contributed by atoms with Crippen molar-refractivity contribution in [3.63, 3.8) is 0 Å². The van der Waals surface area contributed by atoms with E-state index in [-0.39, 0.29) is 17.9 Å². The molecule has 0 fully saturated rings. The molecule has 1 atom stereocenters. The first-order valence-corrected chi connectivity index (χ1v) is 7.98. The Morgan fingerprint density at radius 3 is 2.42 bits per heavy atom. The minimum atomic E-state index is -1.19. The number of rotatable bonds is 7. The van der Waals surface area contributed by atoms with E-state index < -0.39 is 17.8 Å². The molecule has 0 aromatic heterocycles. The number of benzene rings is 2. The molecule has 0 aliphatic heterocycles. The van der Waals surface area contributed by atoms with E-state index in [0.29, 0.717) is 11.3 Å². The summed E-state index contributed by atoms with van der Waals surface area (Å²) in [4.78, 5) is 12.6. The zero-order valence-corrected chi connectivity index (χ0v) is 15.1. The van der Waals surface area contributed by atoms with Crippen LogP contribution >= 0.6 is 11.8 Å². The van der Waals surface area contributed by atoms with Crippen LogP contribution in [0.1, 0.15) is 22.8 Å². The Morgan fingerprint density at radius 1 is 1.27 bits per heavy atom. The van der Waals surface area contributed by atoms with E-state index in [2.05, 4.69) is 0 Å². The van der Waals surface area contributed by atoms with Gasteiger partial charge in [0.15, 0.2) is 6.10 Å². The van der Waals surface area contributed by atoms with Crippen molar-refractivity contribution in [2.75, 3.05) is 14.2 Å². The van der Waals surface area contributed by atoms with Crippen molar-refractivity contribution in [2.45, 2.75) is 12.6 Å². The van der Waals surface area contributed by atoms with E-state index >= 15 is 0 Å². The Morgan fingerprint density at radius 2 is 1.92 bits per heavy atom. The molecule has 2 aromatic carbocycles. The molecule has 0 bridgehead atoms. The lowest BCUT2D eigenvalue weighted by Gasteiger charge is -2.21. The van der Waals surface area contributed by atoms with Gasteiger partial charge in [-0.1, -0.05) is 24.3 Å². The Kier molecular flexibility index (Phi) is 6.54. The Balaban J connectivity index is 2.15. The average molecular weight is 380 g/mol. The van der Waals surface area contributed by atoms with Crippen molar-refractivity contribution in [3.8, 4) is 5.75 Å². The topological polar surface area (TPSA) is 88.6 Å². The number of carbonyl (C=O) groups is 1. The zero-order chi connectivity index (χ0) is 19.3. The molecule has 0 heterocycles. The largest absolute Gasteiger partial charge is 0.497 e. The molecule has 26 heavy (non-hydrogen) atoms. The molecule has 2 rings (SSSR count). The van der Waals surface area contributed by atoms with E-state index in [1.165, 1.54) is 32.4 Å². The molecule has 1 unspecified atom stereocenters. The van der Waals surface area contributed by atoms with E-state index in [1.54, 1.807) is 24.3 Å². The summed E-state index contributed by atoms with van der Waals surface area (Å²) in [7, 11) is 2.73. The molecule has 2 aromatic rings. The van der Waals surface area contributed by atoms with Crippen molar-refractivity contribution in [1.82, 2.24) is 4.42 Å². The van der Waals surface area contributed by atoms with Gasteiger partial charge in [-0.05, 0) is 17.7 Å². The van der Waals surface area contributed by atoms with Gasteiger partial charge in [0.2, 0.25) is 0 Å². The number of nitrogens with zero attached hydrogens (tertiary/aromatic N) is 1. The number of hydrogen-bond acceptors (Lipinski definition) is 4. The molecule has 0 aliphatic rings. The summed E-state index contributed by atoms with van der Waals surface area (Å²) in [5, 5.41) is 7.37. The second kappa shape index (κ2) is 8.64. The summed E-state index contributed by atoms with van der Waals surface area (Å²) in [6.45, 7) is 0.0796. The third-order valence-corrected chi connectivity index (χ3v) is 4.06. The van der Waals surface area contributed by atoms with Crippen LogP contribution in [0, 0.1) is 11.2 Å². The summed E-state index contributed by atoms with van der Waals surface area (Å²) in [6, 6.07) is 10.9. The van der Waals surface area contributed by atoms with Crippen LogP contribution in [0.4, 0.5) is 4.39 Å². The molecular formula is C18H19ClFN3O3. The fraction of sp³-hybridized carbons (Fsp3) is 0.222. The van der Waals surface area contributed by atoms with Gasteiger partial charge in [-0.25, -0.2) is 8.81 Å². The fourth-order valence-electron chi connectivity index (χ4n) is 2.36. The van der Waals surface area contributed by atoms with Crippen LogP contribution in [-0.4, -0.2) is 30.4 Å². The lowest BCUT2D eigenvalue weighted by Crippen LogP contribution is -2.29. The first-order valence-electron chi connectivity index (χ1n) is 7.64. The molecule has 6 nitrogen and oxygen atoms in total. The summed E-state index contributed by atoms with van der Waals surface area (Å²) in [5.74, 6) is -0.944. The SMILES string of the molecule is COc1ccc(C(OC)C(=O)N(Cl)Cc2ccc(C(=N)N)cc2)c(F)c1. The second-order valence-corrected chi connectivity index (χ2v) is 5.88. The first-order chi connectivity index (χ1) is 12.4. The minimum absolute atomic E-state index is 0.0511. The maximum atomic E-state index is 14.2. The molecule has 1 amide bonds. The second-order valence-electron chi connectivity index (χ2n) is 5.47. The molecule has 3 N–H and O–H groups in total. The van der Waals surface area contributed by atoms with Gasteiger partial charge in [0, 0.05) is 36.1 Å². The average Bonchev–Trinajstić information content (AvgIpc) is 2.63. The third kappa shape index (κ3) is 4.50. The van der Waals surface area contributed by atoms with E-state index in [9.17, 15) is 9.18 Å². The van der Waals surface area contributed by atoms with Gasteiger partial charge < -0.3 is 15.2 Å². The molecular weight excluding hydrogens is 361 g/mol. The normalized spacial score (nSPS) is 11.7. The number of halogens is 2. The van der Waals surface area contributed by atoms with Crippen LogP contribution in [0.3, 0.4) is 0 Å². The summed E-state index contributed by atoms with van der Waals surface area (Å²) >= 11 is 6.09. The van der Waals surface area contributed by atoms with Crippen molar-refractivity contribution in [2.24, 2.45) is 5.73 Å². The molecule has 138 valence electrons. The van der Waals surface area contributed by atoms with Crippen LogP contribution < -0.4 is 10.5 Å². The summed E-state index contributed by atoms with van der Waals surface area (Å²) in [5.41, 5.74) is 6.76. The highest BCUT2D eigenvalue weighted by Crippen LogP contribution is 2.27. The number of nitrogens with two attached hydrogens (primary N) is 1. The van der Waals surface area contributed by atoms with Gasteiger partial charge in [-0.2, -0.15) is 0 Å². The predicted octanol–water partition coefficient (Wildman–Crippen LogP) is 2.99.